The second-order valence-electron chi connectivity index (χ2n) is 6.16. The van der Waals surface area contributed by atoms with Gasteiger partial charge >= 0.3 is 0 Å². The third-order valence-corrected chi connectivity index (χ3v) is 7.34. The third-order valence-electron chi connectivity index (χ3n) is 4.13. The van der Waals surface area contributed by atoms with Crippen molar-refractivity contribution in [2.75, 3.05) is 10.0 Å². The first-order chi connectivity index (χ1) is 14.3. The van der Waals surface area contributed by atoms with Crippen LogP contribution in [0.15, 0.2) is 76.1 Å². The van der Waals surface area contributed by atoms with Crippen LogP contribution in [0, 0.1) is 0 Å². The molecule has 152 valence electrons. The van der Waals surface area contributed by atoms with Crippen LogP contribution in [0.3, 0.4) is 0 Å². The van der Waals surface area contributed by atoms with E-state index in [-0.39, 0.29) is 16.1 Å². The zero-order valence-corrected chi connectivity index (χ0v) is 19.1. The number of anilines is 2. The Labute approximate surface area is 190 Å². The first-order valence-corrected chi connectivity index (χ1v) is 12.0. The van der Waals surface area contributed by atoms with Gasteiger partial charge in [-0.1, -0.05) is 41.1 Å². The summed E-state index contributed by atoms with van der Waals surface area (Å²) in [7, 11) is -3.89. The van der Waals surface area contributed by atoms with Crippen LogP contribution in [-0.2, 0) is 10.0 Å². The summed E-state index contributed by atoms with van der Waals surface area (Å²) in [6.07, 6.45) is 0. The van der Waals surface area contributed by atoms with Gasteiger partial charge in [0.2, 0.25) is 0 Å². The largest absolute Gasteiger partial charge is 0.298 e. The van der Waals surface area contributed by atoms with Gasteiger partial charge in [-0.15, -0.1) is 0 Å². The summed E-state index contributed by atoms with van der Waals surface area (Å²) >= 11 is 10.6. The van der Waals surface area contributed by atoms with Crippen molar-refractivity contribution in [3.8, 4) is 0 Å². The number of aromatic nitrogens is 1. The maximum Gasteiger partial charge on any atom is 0.261 e. The number of halogens is 2. The summed E-state index contributed by atoms with van der Waals surface area (Å²) in [5, 5.41) is 3.58. The Morgan fingerprint density at radius 2 is 1.73 bits per heavy atom. The predicted molar refractivity (Wildman–Crippen MR) is 124 cm³/mol. The maximum atomic E-state index is 12.9. The van der Waals surface area contributed by atoms with E-state index in [9.17, 15) is 13.2 Å². The van der Waals surface area contributed by atoms with E-state index >= 15 is 0 Å². The zero-order chi connectivity index (χ0) is 21.3. The lowest BCUT2D eigenvalue weighted by molar-refractivity contribution is 0.102. The van der Waals surface area contributed by atoms with Gasteiger partial charge in [0.15, 0.2) is 5.13 Å². The highest BCUT2D eigenvalue weighted by Gasteiger charge is 2.19. The Hall–Kier alpha value is -2.46. The number of carbonyl (C=O) groups is 1. The third kappa shape index (κ3) is 4.34. The summed E-state index contributed by atoms with van der Waals surface area (Å²) < 4.78 is 29.6. The van der Waals surface area contributed by atoms with Gasteiger partial charge in [0, 0.05) is 9.50 Å². The molecule has 0 radical (unpaired) electrons. The minimum absolute atomic E-state index is 0.0399. The molecule has 0 bridgehead atoms. The van der Waals surface area contributed by atoms with E-state index in [1.165, 1.54) is 47.7 Å². The van der Waals surface area contributed by atoms with E-state index in [0.29, 0.717) is 10.2 Å². The Morgan fingerprint density at radius 3 is 2.47 bits per heavy atom. The Balaban J connectivity index is 1.61. The van der Waals surface area contributed by atoms with Gasteiger partial charge in [0.05, 0.1) is 26.4 Å². The Kier molecular flexibility index (Phi) is 5.79. The smallest absolute Gasteiger partial charge is 0.261 e. The number of carbonyl (C=O) groups excluding carboxylic acids is 1. The Morgan fingerprint density at radius 1 is 1.00 bits per heavy atom. The number of hydrogen-bond acceptors (Lipinski definition) is 5. The lowest BCUT2D eigenvalue weighted by atomic mass is 10.2. The molecule has 1 amide bonds. The van der Waals surface area contributed by atoms with Gasteiger partial charge in [-0.25, -0.2) is 13.4 Å². The van der Waals surface area contributed by atoms with E-state index in [1.807, 2.05) is 18.2 Å². The number of fused-ring (bicyclic) bond motifs is 1. The maximum absolute atomic E-state index is 12.9. The number of hydrogen-bond donors (Lipinski definition) is 2. The molecule has 0 fully saturated rings. The van der Waals surface area contributed by atoms with E-state index < -0.39 is 15.9 Å². The second kappa shape index (κ2) is 8.35. The highest BCUT2D eigenvalue weighted by molar-refractivity contribution is 9.10. The SMILES string of the molecule is O=C(Nc1nc2c(Br)cccc2s1)c1ccccc1NS(=O)(=O)c1ccc(Cl)cc1. The topological polar surface area (TPSA) is 88.2 Å². The fraction of sp³-hybridized carbons (Fsp3) is 0. The summed E-state index contributed by atoms with van der Waals surface area (Å²) in [5.41, 5.74) is 1.08. The molecule has 0 aliphatic heterocycles. The number of nitrogens with zero attached hydrogens (tertiary/aromatic N) is 1. The number of para-hydroxylation sites is 2. The van der Waals surface area contributed by atoms with Crippen molar-refractivity contribution < 1.29 is 13.2 Å². The molecular formula is C20H13BrClN3O3S2. The van der Waals surface area contributed by atoms with Gasteiger partial charge < -0.3 is 0 Å². The average Bonchev–Trinajstić information content (AvgIpc) is 3.12. The van der Waals surface area contributed by atoms with Crippen LogP contribution in [0.5, 0.6) is 0 Å². The number of nitrogens with one attached hydrogen (secondary N) is 2. The van der Waals surface area contributed by atoms with Crippen molar-refractivity contribution >= 4 is 75.8 Å². The number of thiazole rings is 1. The molecule has 1 aromatic heterocycles. The van der Waals surface area contributed by atoms with Crippen LogP contribution in [-0.4, -0.2) is 19.3 Å². The number of benzene rings is 3. The normalized spacial score (nSPS) is 11.4. The average molecular weight is 523 g/mol. The van der Waals surface area contributed by atoms with Gasteiger partial charge in [0.25, 0.3) is 15.9 Å². The molecule has 0 saturated heterocycles. The van der Waals surface area contributed by atoms with Crippen molar-refractivity contribution in [3.63, 3.8) is 0 Å². The predicted octanol–water partition coefficient (Wildman–Crippen LogP) is 5.77. The minimum Gasteiger partial charge on any atom is -0.298 e. The van der Waals surface area contributed by atoms with Crippen LogP contribution in [0.4, 0.5) is 10.8 Å². The van der Waals surface area contributed by atoms with E-state index in [0.717, 1.165) is 14.7 Å². The summed E-state index contributed by atoms with van der Waals surface area (Å²) in [6, 6.07) is 17.8. The molecule has 0 spiro atoms. The molecule has 30 heavy (non-hydrogen) atoms. The molecule has 6 nitrogen and oxygen atoms in total. The van der Waals surface area contributed by atoms with E-state index in [2.05, 4.69) is 31.0 Å². The molecule has 0 atom stereocenters. The second-order valence-corrected chi connectivity index (χ2v) is 10.2. The van der Waals surface area contributed by atoms with Gasteiger partial charge in [-0.3, -0.25) is 14.8 Å². The zero-order valence-electron chi connectivity index (χ0n) is 15.1. The number of amides is 1. The van der Waals surface area contributed by atoms with Crippen LogP contribution in [0.1, 0.15) is 10.4 Å². The quantitative estimate of drug-likeness (QED) is 0.348. The number of rotatable bonds is 5. The molecule has 0 aliphatic rings. The standard InChI is InChI=1S/C20H13BrClN3O3S2/c21-15-5-3-7-17-18(15)23-20(29-17)24-19(26)14-4-1-2-6-16(14)25-30(27,28)13-10-8-12(22)9-11-13/h1-11,25H,(H,23,24,26). The molecule has 4 aromatic rings. The summed E-state index contributed by atoms with van der Waals surface area (Å²) in [4.78, 5) is 17.3. The highest BCUT2D eigenvalue weighted by atomic mass is 79.9. The van der Waals surface area contributed by atoms with Crippen molar-refractivity contribution in [2.45, 2.75) is 4.90 Å². The lowest BCUT2D eigenvalue weighted by Crippen LogP contribution is -2.18. The first-order valence-electron chi connectivity index (χ1n) is 8.57. The van der Waals surface area contributed by atoms with Gasteiger partial charge in [0.1, 0.15) is 0 Å². The van der Waals surface area contributed by atoms with Crippen LogP contribution in [0.2, 0.25) is 5.02 Å². The minimum atomic E-state index is -3.89. The van der Waals surface area contributed by atoms with Crippen molar-refractivity contribution in [3.05, 3.63) is 81.8 Å². The lowest BCUT2D eigenvalue weighted by Gasteiger charge is -2.12. The molecule has 0 saturated carbocycles. The number of sulfonamides is 1. The van der Waals surface area contributed by atoms with Crippen molar-refractivity contribution in [1.82, 2.24) is 4.98 Å². The molecule has 0 aliphatic carbocycles. The molecule has 3 aromatic carbocycles. The molecule has 10 heteroatoms. The van der Waals surface area contributed by atoms with Gasteiger partial charge in [-0.05, 0) is 64.5 Å². The van der Waals surface area contributed by atoms with Crippen LogP contribution < -0.4 is 10.0 Å². The van der Waals surface area contributed by atoms with Crippen LogP contribution >= 0.6 is 38.9 Å². The fourth-order valence-electron chi connectivity index (χ4n) is 2.72. The van der Waals surface area contributed by atoms with Crippen molar-refractivity contribution in [2.24, 2.45) is 0 Å². The highest BCUT2D eigenvalue weighted by Crippen LogP contribution is 2.31. The first kappa shape index (κ1) is 20.8. The molecule has 4 rings (SSSR count). The summed E-state index contributed by atoms with van der Waals surface area (Å²) in [6.45, 7) is 0. The fourth-order valence-corrected chi connectivity index (χ4v) is 5.40. The van der Waals surface area contributed by atoms with Crippen molar-refractivity contribution in [1.29, 1.82) is 0 Å². The monoisotopic (exact) mass is 521 g/mol. The van der Waals surface area contributed by atoms with Gasteiger partial charge in [-0.2, -0.15) is 0 Å². The molecule has 1 heterocycles. The van der Waals surface area contributed by atoms with E-state index in [1.54, 1.807) is 12.1 Å². The van der Waals surface area contributed by atoms with E-state index in [4.69, 9.17) is 11.6 Å². The molecule has 2 N–H and O–H groups in total. The summed E-state index contributed by atoms with van der Waals surface area (Å²) in [5.74, 6) is -0.473. The molecule has 0 unspecified atom stereocenters. The van der Waals surface area contributed by atoms with Crippen LogP contribution in [0.25, 0.3) is 10.2 Å². The molecular weight excluding hydrogens is 510 g/mol. The Bertz CT molecular complexity index is 1360.